The monoisotopic (exact) mass is 173 g/mol. The van der Waals surface area contributed by atoms with Gasteiger partial charge in [-0.2, -0.15) is 0 Å². The Labute approximate surface area is 77.0 Å². The molecule has 0 aromatic heterocycles. The second-order valence-corrected chi connectivity index (χ2v) is 3.88. The average Bonchev–Trinajstić information content (AvgIpc) is 2.84. The molecule has 1 saturated heterocycles. The van der Waals surface area contributed by atoms with Crippen LogP contribution < -0.4 is 0 Å². The summed E-state index contributed by atoms with van der Waals surface area (Å²) in [5, 5.41) is 7.76. The highest BCUT2D eigenvalue weighted by Crippen LogP contribution is 2.58. The number of fused-ring (bicyclic) bond motifs is 1. The Morgan fingerprint density at radius 1 is 1.31 bits per heavy atom. The lowest BCUT2D eigenvalue weighted by Gasteiger charge is -2.11. The Morgan fingerprint density at radius 2 is 2.08 bits per heavy atom. The molecule has 1 saturated carbocycles. The van der Waals surface area contributed by atoms with Crippen LogP contribution in [0.2, 0.25) is 0 Å². The van der Waals surface area contributed by atoms with Gasteiger partial charge in [0.1, 0.15) is 0 Å². The molecule has 13 heavy (non-hydrogen) atoms. The fourth-order valence-corrected chi connectivity index (χ4v) is 2.34. The van der Waals surface area contributed by atoms with Gasteiger partial charge in [0.25, 0.3) is 0 Å². The van der Waals surface area contributed by atoms with Crippen molar-refractivity contribution in [2.75, 3.05) is 6.61 Å². The van der Waals surface area contributed by atoms with Gasteiger partial charge in [-0.1, -0.05) is 30.3 Å². The summed E-state index contributed by atoms with van der Waals surface area (Å²) in [6.07, 6.45) is 1.11. The van der Waals surface area contributed by atoms with Gasteiger partial charge >= 0.3 is 0 Å². The normalized spacial score (nSPS) is 35.4. The van der Waals surface area contributed by atoms with Crippen molar-refractivity contribution in [1.29, 1.82) is 5.41 Å². The number of rotatable bonds is 1. The van der Waals surface area contributed by atoms with E-state index in [1.807, 2.05) is 18.2 Å². The highest BCUT2D eigenvalue weighted by Gasteiger charge is 2.64. The molecule has 66 valence electrons. The van der Waals surface area contributed by atoms with E-state index in [1.54, 1.807) is 0 Å². The van der Waals surface area contributed by atoms with Crippen LogP contribution in [-0.4, -0.2) is 12.5 Å². The van der Waals surface area contributed by atoms with Gasteiger partial charge in [0.15, 0.2) is 5.90 Å². The topological polar surface area (TPSA) is 33.1 Å². The standard InChI is InChI=1S/C11H11NO/c12-10-11(6-9(11)7-13-10)8-4-2-1-3-5-8/h1-5,9,12H,6-7H2/t9?,11-/m1/s1. The third kappa shape index (κ3) is 0.755. The van der Waals surface area contributed by atoms with E-state index in [2.05, 4.69) is 12.1 Å². The number of benzene rings is 1. The molecule has 0 radical (unpaired) electrons. The first-order chi connectivity index (χ1) is 6.34. The molecule has 0 bridgehead atoms. The number of hydrogen-bond acceptors (Lipinski definition) is 2. The van der Waals surface area contributed by atoms with Crippen LogP contribution in [-0.2, 0) is 10.2 Å². The third-order valence-corrected chi connectivity index (χ3v) is 3.23. The quantitative estimate of drug-likeness (QED) is 0.691. The third-order valence-electron chi connectivity index (χ3n) is 3.23. The summed E-state index contributed by atoms with van der Waals surface area (Å²) in [5.41, 5.74) is 1.23. The SMILES string of the molecule is N=C1OCC2C[C@]12c1ccccc1. The summed E-state index contributed by atoms with van der Waals surface area (Å²) in [5.74, 6) is 1.05. The van der Waals surface area contributed by atoms with Crippen molar-refractivity contribution in [3.8, 4) is 0 Å². The van der Waals surface area contributed by atoms with Crippen molar-refractivity contribution in [1.82, 2.24) is 0 Å². The van der Waals surface area contributed by atoms with Crippen LogP contribution in [0.15, 0.2) is 30.3 Å². The summed E-state index contributed by atoms with van der Waals surface area (Å²) in [4.78, 5) is 0. The van der Waals surface area contributed by atoms with Gasteiger partial charge in [0.05, 0.1) is 12.0 Å². The van der Waals surface area contributed by atoms with Crippen molar-refractivity contribution in [2.45, 2.75) is 11.8 Å². The number of hydrogen-bond donors (Lipinski definition) is 1. The van der Waals surface area contributed by atoms with Gasteiger partial charge in [-0.3, -0.25) is 5.41 Å². The molecule has 3 rings (SSSR count). The summed E-state index contributed by atoms with van der Waals surface area (Å²) in [6.45, 7) is 0.744. The van der Waals surface area contributed by atoms with Crippen LogP contribution in [0.25, 0.3) is 0 Å². The minimum atomic E-state index is -0.0265. The van der Waals surface area contributed by atoms with E-state index in [1.165, 1.54) is 5.56 Å². The highest BCUT2D eigenvalue weighted by atomic mass is 16.5. The Hall–Kier alpha value is -1.31. The van der Waals surface area contributed by atoms with E-state index in [0.29, 0.717) is 11.8 Å². The molecule has 1 aliphatic carbocycles. The molecule has 1 heterocycles. The van der Waals surface area contributed by atoms with Crippen molar-refractivity contribution in [3.05, 3.63) is 35.9 Å². The van der Waals surface area contributed by atoms with Gasteiger partial charge in [-0.05, 0) is 12.0 Å². The van der Waals surface area contributed by atoms with Crippen molar-refractivity contribution < 1.29 is 4.74 Å². The predicted molar refractivity (Wildman–Crippen MR) is 49.9 cm³/mol. The first-order valence-corrected chi connectivity index (χ1v) is 4.61. The molecule has 2 nitrogen and oxygen atoms in total. The van der Waals surface area contributed by atoms with E-state index in [9.17, 15) is 0 Å². The van der Waals surface area contributed by atoms with Gasteiger partial charge in [0, 0.05) is 5.92 Å². The van der Waals surface area contributed by atoms with Gasteiger partial charge in [-0.25, -0.2) is 0 Å². The van der Waals surface area contributed by atoms with E-state index in [4.69, 9.17) is 10.1 Å². The largest absolute Gasteiger partial charge is 0.480 e. The van der Waals surface area contributed by atoms with Gasteiger partial charge in [-0.15, -0.1) is 0 Å². The molecule has 2 fully saturated rings. The maximum Gasteiger partial charge on any atom is 0.191 e. The summed E-state index contributed by atoms with van der Waals surface area (Å²) in [7, 11) is 0. The van der Waals surface area contributed by atoms with Gasteiger partial charge in [0.2, 0.25) is 0 Å². The molecule has 0 amide bonds. The molecular formula is C11H11NO. The predicted octanol–water partition coefficient (Wildman–Crippen LogP) is 1.95. The van der Waals surface area contributed by atoms with Crippen LogP contribution in [0.1, 0.15) is 12.0 Å². The van der Waals surface area contributed by atoms with E-state index < -0.39 is 0 Å². The number of ether oxygens (including phenoxy) is 1. The molecule has 1 aromatic carbocycles. The van der Waals surface area contributed by atoms with E-state index in [-0.39, 0.29) is 5.41 Å². The molecule has 0 spiro atoms. The van der Waals surface area contributed by atoms with Crippen molar-refractivity contribution >= 4 is 5.90 Å². The maximum absolute atomic E-state index is 7.76. The van der Waals surface area contributed by atoms with E-state index >= 15 is 0 Å². The molecule has 1 aliphatic heterocycles. The molecule has 1 aromatic rings. The Kier molecular flexibility index (Phi) is 1.17. The van der Waals surface area contributed by atoms with Crippen molar-refractivity contribution in [2.24, 2.45) is 5.92 Å². The Bertz CT molecular complexity index is 360. The van der Waals surface area contributed by atoms with Crippen LogP contribution in [0.5, 0.6) is 0 Å². The van der Waals surface area contributed by atoms with Crippen LogP contribution >= 0.6 is 0 Å². The zero-order valence-electron chi connectivity index (χ0n) is 7.29. The highest BCUT2D eigenvalue weighted by molar-refractivity contribution is 5.91. The Balaban J connectivity index is 2.07. The lowest BCUT2D eigenvalue weighted by Crippen LogP contribution is -2.17. The minimum Gasteiger partial charge on any atom is -0.480 e. The summed E-state index contributed by atoms with van der Waals surface area (Å²) < 4.78 is 5.26. The molecule has 1 unspecified atom stereocenters. The first-order valence-electron chi connectivity index (χ1n) is 4.61. The molecular weight excluding hydrogens is 162 g/mol. The lowest BCUT2D eigenvalue weighted by atomic mass is 9.94. The van der Waals surface area contributed by atoms with Crippen LogP contribution in [0, 0.1) is 11.3 Å². The van der Waals surface area contributed by atoms with Crippen LogP contribution in [0.3, 0.4) is 0 Å². The van der Waals surface area contributed by atoms with Crippen molar-refractivity contribution in [3.63, 3.8) is 0 Å². The molecule has 2 heteroatoms. The minimum absolute atomic E-state index is 0.0265. The maximum atomic E-state index is 7.76. The summed E-state index contributed by atoms with van der Waals surface area (Å²) in [6, 6.07) is 10.3. The smallest absolute Gasteiger partial charge is 0.191 e. The second-order valence-electron chi connectivity index (χ2n) is 3.88. The summed E-state index contributed by atoms with van der Waals surface area (Å²) >= 11 is 0. The fourth-order valence-electron chi connectivity index (χ4n) is 2.34. The van der Waals surface area contributed by atoms with E-state index in [0.717, 1.165) is 13.0 Å². The fraction of sp³-hybridized carbons (Fsp3) is 0.364. The Morgan fingerprint density at radius 3 is 2.62 bits per heavy atom. The van der Waals surface area contributed by atoms with Crippen LogP contribution in [0.4, 0.5) is 0 Å². The zero-order valence-corrected chi connectivity index (χ0v) is 7.29. The number of nitrogens with one attached hydrogen (secondary N) is 1. The first kappa shape index (κ1) is 7.13. The molecule has 2 aliphatic rings. The lowest BCUT2D eigenvalue weighted by molar-refractivity contribution is 0.310. The zero-order chi connectivity index (χ0) is 8.89. The van der Waals surface area contributed by atoms with Gasteiger partial charge < -0.3 is 4.74 Å². The molecule has 1 N–H and O–H groups in total. The average molecular weight is 173 g/mol. The second kappa shape index (κ2) is 2.13. The molecule has 2 atom stereocenters.